The average molecular weight is 478 g/mol. The topological polar surface area (TPSA) is 75.4 Å². The number of hydrogen-bond acceptors (Lipinski definition) is 6. The number of hydrogen-bond donors (Lipinski definition) is 0. The van der Waals surface area contributed by atoms with Gasteiger partial charge in [0.25, 0.3) is 5.89 Å². The van der Waals surface area contributed by atoms with Crippen LogP contribution in [0.4, 0.5) is 23.7 Å². The molecule has 0 radical (unpaired) electrons. The first-order chi connectivity index (χ1) is 15.8. The Morgan fingerprint density at radius 2 is 1.85 bits per heavy atom. The molecular weight excluding hydrogens is 455 g/mol. The number of rotatable bonds is 5. The lowest BCUT2D eigenvalue weighted by Crippen LogP contribution is -2.50. The van der Waals surface area contributed by atoms with Crippen LogP contribution < -0.4 is 4.90 Å². The van der Waals surface area contributed by atoms with Crippen molar-refractivity contribution < 1.29 is 22.4 Å². The largest absolute Gasteiger partial charge is 0.415 e. The molecule has 0 spiro atoms. The second-order valence-corrected chi connectivity index (χ2v) is 9.67. The quantitative estimate of drug-likeness (QED) is 0.505. The van der Waals surface area contributed by atoms with Gasteiger partial charge < -0.3 is 9.32 Å². The number of urea groups is 1. The summed E-state index contributed by atoms with van der Waals surface area (Å²) in [6.07, 6.45) is -1.43. The summed E-state index contributed by atoms with van der Waals surface area (Å²) in [5, 5.41) is 7.53. The first kappa shape index (κ1) is 23.1. The number of benzene rings is 1. The van der Waals surface area contributed by atoms with E-state index in [-0.39, 0.29) is 18.5 Å². The molecule has 0 bridgehead atoms. The first-order valence-corrected chi connectivity index (χ1v) is 11.3. The van der Waals surface area contributed by atoms with Gasteiger partial charge in [-0.1, -0.05) is 13.8 Å². The number of carbonyl (C=O) groups excluding carboxylic acids is 1. The summed E-state index contributed by atoms with van der Waals surface area (Å²) >= 11 is 1.84. The minimum Gasteiger partial charge on any atom is -0.415 e. The van der Waals surface area contributed by atoms with Crippen molar-refractivity contribution in [3.63, 3.8) is 0 Å². The molecule has 3 aromatic rings. The van der Waals surface area contributed by atoms with Crippen LogP contribution in [0.15, 0.2) is 47.0 Å². The van der Waals surface area contributed by atoms with Gasteiger partial charge in [-0.25, -0.2) is 9.18 Å². The number of pyridine rings is 1. The Kier molecular flexibility index (Phi) is 6.87. The fourth-order valence-electron chi connectivity index (χ4n) is 3.64. The highest BCUT2D eigenvalue weighted by atomic mass is 32.2. The van der Waals surface area contributed by atoms with Crippen LogP contribution in [0.3, 0.4) is 0 Å². The van der Waals surface area contributed by atoms with Crippen LogP contribution in [0, 0.1) is 5.82 Å². The van der Waals surface area contributed by atoms with E-state index in [0.29, 0.717) is 40.5 Å². The van der Waals surface area contributed by atoms with Gasteiger partial charge in [0, 0.05) is 35.5 Å². The maximum Gasteiger partial charge on any atom is 0.324 e. The van der Waals surface area contributed by atoms with Gasteiger partial charge in [0.2, 0.25) is 5.89 Å². The molecule has 3 heterocycles. The fraction of sp³-hybridized carbons (Fsp3) is 0.364. The van der Waals surface area contributed by atoms with Crippen LogP contribution in [-0.2, 0) is 6.54 Å². The van der Waals surface area contributed by atoms with Gasteiger partial charge in [-0.2, -0.15) is 20.5 Å². The third-order valence-corrected chi connectivity index (χ3v) is 6.31. The predicted molar refractivity (Wildman–Crippen MR) is 119 cm³/mol. The van der Waals surface area contributed by atoms with Gasteiger partial charge >= 0.3 is 12.5 Å². The Bertz CT molecular complexity index is 1080. The summed E-state index contributed by atoms with van der Waals surface area (Å²) in [6, 6.07) is 8.79. The van der Waals surface area contributed by atoms with E-state index in [0.717, 1.165) is 0 Å². The summed E-state index contributed by atoms with van der Waals surface area (Å²) in [4.78, 5) is 21.1. The zero-order chi connectivity index (χ0) is 23.5. The van der Waals surface area contributed by atoms with Crippen LogP contribution in [0.5, 0.6) is 0 Å². The van der Waals surface area contributed by atoms with Crippen molar-refractivity contribution in [2.45, 2.75) is 37.3 Å². The monoisotopic (exact) mass is 477 g/mol. The number of carbonyl (C=O) groups is 1. The number of nitrogens with zero attached hydrogens (tertiary/aromatic N) is 5. The summed E-state index contributed by atoms with van der Waals surface area (Å²) < 4.78 is 43.8. The lowest BCUT2D eigenvalue weighted by molar-refractivity contribution is 0.116. The Morgan fingerprint density at radius 1 is 1.15 bits per heavy atom. The van der Waals surface area contributed by atoms with Crippen LogP contribution in [0.25, 0.3) is 11.5 Å². The van der Waals surface area contributed by atoms with Gasteiger partial charge in [0.05, 0.1) is 17.8 Å². The predicted octanol–water partition coefficient (Wildman–Crippen LogP) is 5.16. The van der Waals surface area contributed by atoms with Crippen molar-refractivity contribution in [2.24, 2.45) is 0 Å². The standard InChI is InChI=1S/C22H22F3N5O2S/c1-13-10-29(11-14(2)33-13)22(31)30(18-7-4-16(23)5-8-18)12-17-6-3-15(9-26-17)20-27-28-21(32-20)19(24)25/h3-9,13-14,19H,10-12H2,1-2H3. The van der Waals surface area contributed by atoms with Crippen molar-refractivity contribution >= 4 is 23.5 Å². The summed E-state index contributed by atoms with van der Waals surface area (Å²) in [5.41, 5.74) is 1.48. The fourth-order valence-corrected chi connectivity index (χ4v) is 4.97. The van der Waals surface area contributed by atoms with E-state index in [1.165, 1.54) is 18.3 Å². The third-order valence-electron chi connectivity index (χ3n) is 5.08. The molecule has 7 nitrogen and oxygen atoms in total. The van der Waals surface area contributed by atoms with E-state index in [1.807, 2.05) is 11.8 Å². The molecule has 1 aliphatic heterocycles. The smallest absolute Gasteiger partial charge is 0.324 e. The highest BCUT2D eigenvalue weighted by molar-refractivity contribution is 8.00. The van der Waals surface area contributed by atoms with Gasteiger partial charge in [-0.05, 0) is 36.4 Å². The molecule has 2 unspecified atom stereocenters. The minimum absolute atomic E-state index is 0.0652. The highest BCUT2D eigenvalue weighted by Crippen LogP contribution is 2.28. The third kappa shape index (κ3) is 5.47. The molecule has 2 aromatic heterocycles. The van der Waals surface area contributed by atoms with Crippen molar-refractivity contribution in [2.75, 3.05) is 18.0 Å². The second-order valence-electron chi connectivity index (χ2n) is 7.79. The van der Waals surface area contributed by atoms with Crippen LogP contribution >= 0.6 is 11.8 Å². The molecule has 174 valence electrons. The molecule has 0 saturated carbocycles. The van der Waals surface area contributed by atoms with E-state index >= 15 is 0 Å². The Morgan fingerprint density at radius 3 is 2.42 bits per heavy atom. The molecule has 33 heavy (non-hydrogen) atoms. The average Bonchev–Trinajstić information content (AvgIpc) is 3.28. The molecule has 1 fully saturated rings. The van der Waals surface area contributed by atoms with Gasteiger partial charge in [-0.3, -0.25) is 9.88 Å². The molecule has 2 atom stereocenters. The first-order valence-electron chi connectivity index (χ1n) is 10.3. The zero-order valence-corrected chi connectivity index (χ0v) is 18.8. The van der Waals surface area contributed by atoms with Gasteiger partial charge in [0.15, 0.2) is 0 Å². The molecule has 0 aliphatic carbocycles. The highest BCUT2D eigenvalue weighted by Gasteiger charge is 2.30. The van der Waals surface area contributed by atoms with Crippen molar-refractivity contribution in [3.8, 4) is 11.5 Å². The Hall–Kier alpha value is -3.08. The number of alkyl halides is 2. The maximum atomic E-state index is 13.5. The molecule has 0 N–H and O–H groups in total. The maximum absolute atomic E-state index is 13.5. The molecule has 4 rings (SSSR count). The molecular formula is C22H22F3N5O2S. The molecule has 11 heteroatoms. The lowest BCUT2D eigenvalue weighted by atomic mass is 10.2. The second kappa shape index (κ2) is 9.82. The van der Waals surface area contributed by atoms with E-state index in [2.05, 4.69) is 29.0 Å². The molecule has 1 aliphatic rings. The Balaban J connectivity index is 1.57. The Labute approximate surface area is 193 Å². The normalized spacial score (nSPS) is 18.5. The number of aromatic nitrogens is 3. The summed E-state index contributed by atoms with van der Waals surface area (Å²) in [7, 11) is 0. The van der Waals surface area contributed by atoms with E-state index in [9.17, 15) is 18.0 Å². The number of anilines is 1. The van der Waals surface area contributed by atoms with E-state index < -0.39 is 18.1 Å². The van der Waals surface area contributed by atoms with Crippen molar-refractivity contribution in [1.82, 2.24) is 20.1 Å². The molecule has 2 amide bonds. The molecule has 1 aromatic carbocycles. The SMILES string of the molecule is CC1CN(C(=O)N(Cc2ccc(-c3nnc(C(F)F)o3)cn2)c2ccc(F)cc2)CC(C)S1. The van der Waals surface area contributed by atoms with Gasteiger partial charge in [-0.15, -0.1) is 10.2 Å². The van der Waals surface area contributed by atoms with Crippen molar-refractivity contribution in [3.05, 3.63) is 60.0 Å². The van der Waals surface area contributed by atoms with Crippen LogP contribution in [0.1, 0.15) is 31.9 Å². The number of thioether (sulfide) groups is 1. The van der Waals surface area contributed by atoms with Crippen LogP contribution in [0.2, 0.25) is 0 Å². The number of amides is 2. The number of halogens is 3. The molecule has 1 saturated heterocycles. The minimum atomic E-state index is -2.85. The summed E-state index contributed by atoms with van der Waals surface area (Å²) in [5.74, 6) is -1.22. The van der Waals surface area contributed by atoms with E-state index in [1.54, 1.807) is 34.1 Å². The van der Waals surface area contributed by atoms with Gasteiger partial charge in [0.1, 0.15) is 5.82 Å². The van der Waals surface area contributed by atoms with Crippen LogP contribution in [-0.4, -0.2) is 49.7 Å². The summed E-state index contributed by atoms with van der Waals surface area (Å²) in [6.45, 7) is 5.53. The van der Waals surface area contributed by atoms with E-state index in [4.69, 9.17) is 4.42 Å². The van der Waals surface area contributed by atoms with Crippen molar-refractivity contribution in [1.29, 1.82) is 0 Å². The zero-order valence-electron chi connectivity index (χ0n) is 18.0. The lowest BCUT2D eigenvalue weighted by Gasteiger charge is -2.37.